The van der Waals surface area contributed by atoms with Crippen LogP contribution in [0, 0.1) is 13.8 Å². The third kappa shape index (κ3) is 5.19. The molecular formula is C29H27ClN4O2. The molecule has 0 bridgehead atoms. The molecule has 0 aliphatic heterocycles. The van der Waals surface area contributed by atoms with Crippen LogP contribution in [0.5, 0.6) is 0 Å². The third-order valence-electron chi connectivity index (χ3n) is 6.31. The molecule has 0 spiro atoms. The lowest BCUT2D eigenvalue weighted by Gasteiger charge is -2.22. The van der Waals surface area contributed by atoms with Crippen molar-refractivity contribution in [2.75, 3.05) is 11.9 Å². The summed E-state index contributed by atoms with van der Waals surface area (Å²) in [5, 5.41) is 3.60. The first-order chi connectivity index (χ1) is 17.4. The summed E-state index contributed by atoms with van der Waals surface area (Å²) >= 11 is 6.06. The van der Waals surface area contributed by atoms with E-state index in [1.165, 1.54) is 0 Å². The second-order valence-electron chi connectivity index (χ2n) is 9.19. The zero-order chi connectivity index (χ0) is 25.2. The van der Waals surface area contributed by atoms with Crippen LogP contribution in [0.4, 0.5) is 5.95 Å². The number of imidazole rings is 1. The van der Waals surface area contributed by atoms with Gasteiger partial charge in [-0.3, -0.25) is 19.5 Å². The van der Waals surface area contributed by atoms with Crippen molar-refractivity contribution in [3.63, 3.8) is 0 Å². The molecule has 1 heterocycles. The van der Waals surface area contributed by atoms with Crippen molar-refractivity contribution in [3.8, 4) is 16.9 Å². The Morgan fingerprint density at radius 2 is 1.78 bits per heavy atom. The summed E-state index contributed by atoms with van der Waals surface area (Å²) in [4.78, 5) is 32.9. The highest BCUT2D eigenvalue weighted by Crippen LogP contribution is 2.29. The first kappa shape index (κ1) is 23.8. The van der Waals surface area contributed by atoms with E-state index in [9.17, 15) is 9.59 Å². The number of carbonyl (C=O) groups excluding carboxylic acids is 2. The minimum absolute atomic E-state index is 0.0329. The molecule has 7 heteroatoms. The number of halogens is 1. The van der Waals surface area contributed by atoms with Gasteiger partial charge in [-0.1, -0.05) is 54.1 Å². The van der Waals surface area contributed by atoms with Crippen LogP contribution in [-0.2, 0) is 4.79 Å². The SMILES string of the molecule is Cc1cccc(-n2cc(-c3ccc(Cl)cc3)nc2NC(=O)CN(C(=O)c2ccccc2C)C2CC2)c1. The molecule has 1 aromatic heterocycles. The molecule has 182 valence electrons. The van der Waals surface area contributed by atoms with E-state index in [0.717, 1.165) is 35.2 Å². The van der Waals surface area contributed by atoms with E-state index >= 15 is 0 Å². The van der Waals surface area contributed by atoms with Crippen molar-refractivity contribution in [2.24, 2.45) is 0 Å². The van der Waals surface area contributed by atoms with Gasteiger partial charge in [-0.05, 0) is 68.1 Å². The molecule has 0 unspecified atom stereocenters. The Balaban J connectivity index is 1.43. The lowest BCUT2D eigenvalue weighted by molar-refractivity contribution is -0.117. The highest BCUT2D eigenvalue weighted by Gasteiger charge is 2.35. The van der Waals surface area contributed by atoms with E-state index in [0.29, 0.717) is 22.2 Å². The summed E-state index contributed by atoms with van der Waals surface area (Å²) in [6.45, 7) is 3.90. The van der Waals surface area contributed by atoms with E-state index < -0.39 is 0 Å². The quantitative estimate of drug-likeness (QED) is 0.337. The molecule has 6 nitrogen and oxygen atoms in total. The highest BCUT2D eigenvalue weighted by atomic mass is 35.5. The molecule has 3 aromatic carbocycles. The van der Waals surface area contributed by atoms with Crippen LogP contribution < -0.4 is 5.32 Å². The Kier molecular flexibility index (Phi) is 6.61. The van der Waals surface area contributed by atoms with Crippen LogP contribution in [0.25, 0.3) is 16.9 Å². The van der Waals surface area contributed by atoms with E-state index in [2.05, 4.69) is 5.32 Å². The van der Waals surface area contributed by atoms with Crippen molar-refractivity contribution in [1.82, 2.24) is 14.5 Å². The van der Waals surface area contributed by atoms with Gasteiger partial charge in [0.2, 0.25) is 11.9 Å². The normalized spacial score (nSPS) is 12.9. The predicted molar refractivity (Wildman–Crippen MR) is 143 cm³/mol. The maximum atomic E-state index is 13.3. The summed E-state index contributed by atoms with van der Waals surface area (Å²) in [7, 11) is 0. The Labute approximate surface area is 215 Å². The van der Waals surface area contributed by atoms with E-state index in [4.69, 9.17) is 16.6 Å². The van der Waals surface area contributed by atoms with Gasteiger partial charge >= 0.3 is 0 Å². The zero-order valence-corrected chi connectivity index (χ0v) is 21.0. The lowest BCUT2D eigenvalue weighted by atomic mass is 10.1. The minimum Gasteiger partial charge on any atom is -0.326 e. The van der Waals surface area contributed by atoms with Crippen molar-refractivity contribution >= 4 is 29.4 Å². The molecule has 1 saturated carbocycles. The molecule has 1 aliphatic rings. The summed E-state index contributed by atoms with van der Waals surface area (Å²) in [5.41, 5.74) is 5.09. The van der Waals surface area contributed by atoms with Gasteiger partial charge in [-0.25, -0.2) is 4.98 Å². The number of hydrogen-bond acceptors (Lipinski definition) is 3. The van der Waals surface area contributed by atoms with E-state index in [1.54, 1.807) is 4.90 Å². The second kappa shape index (κ2) is 9.99. The fourth-order valence-corrected chi connectivity index (χ4v) is 4.37. The van der Waals surface area contributed by atoms with Crippen LogP contribution in [0.1, 0.15) is 34.3 Å². The Morgan fingerprint density at radius 3 is 2.47 bits per heavy atom. The fourth-order valence-electron chi connectivity index (χ4n) is 4.24. The van der Waals surface area contributed by atoms with Crippen molar-refractivity contribution < 1.29 is 9.59 Å². The van der Waals surface area contributed by atoms with Gasteiger partial charge in [-0.15, -0.1) is 0 Å². The van der Waals surface area contributed by atoms with Crippen LogP contribution >= 0.6 is 11.6 Å². The maximum absolute atomic E-state index is 13.3. The molecule has 36 heavy (non-hydrogen) atoms. The monoisotopic (exact) mass is 498 g/mol. The topological polar surface area (TPSA) is 67.2 Å². The Morgan fingerprint density at radius 1 is 1.03 bits per heavy atom. The summed E-state index contributed by atoms with van der Waals surface area (Å²) in [6, 6.07) is 23.0. The fraction of sp³-hybridized carbons (Fsp3) is 0.207. The number of hydrogen-bond donors (Lipinski definition) is 1. The summed E-state index contributed by atoms with van der Waals surface area (Å²) < 4.78 is 1.86. The lowest BCUT2D eigenvalue weighted by Crippen LogP contribution is -2.40. The number of aromatic nitrogens is 2. The Hall–Kier alpha value is -3.90. The number of nitrogens with zero attached hydrogens (tertiary/aromatic N) is 3. The minimum atomic E-state index is -0.286. The van der Waals surface area contributed by atoms with Crippen molar-refractivity contribution in [2.45, 2.75) is 32.7 Å². The molecule has 4 aromatic rings. The molecule has 1 aliphatic carbocycles. The zero-order valence-electron chi connectivity index (χ0n) is 20.2. The molecule has 0 atom stereocenters. The number of carbonyl (C=O) groups is 2. The number of benzene rings is 3. The smallest absolute Gasteiger partial charge is 0.254 e. The number of amides is 2. The predicted octanol–water partition coefficient (Wildman–Crippen LogP) is 6.05. The van der Waals surface area contributed by atoms with Crippen LogP contribution in [0.2, 0.25) is 5.02 Å². The number of aryl methyl sites for hydroxylation is 2. The van der Waals surface area contributed by atoms with Gasteiger partial charge in [0.1, 0.15) is 6.54 Å². The van der Waals surface area contributed by atoms with Crippen molar-refractivity contribution in [3.05, 3.63) is 101 Å². The van der Waals surface area contributed by atoms with Crippen molar-refractivity contribution in [1.29, 1.82) is 0 Å². The van der Waals surface area contributed by atoms with Gasteiger partial charge in [0.15, 0.2) is 0 Å². The van der Waals surface area contributed by atoms with Gasteiger partial charge < -0.3 is 4.90 Å². The van der Waals surface area contributed by atoms with Gasteiger partial charge in [0.05, 0.1) is 5.69 Å². The molecule has 0 radical (unpaired) electrons. The average Bonchev–Trinajstić information content (AvgIpc) is 3.62. The maximum Gasteiger partial charge on any atom is 0.254 e. The average molecular weight is 499 g/mol. The number of rotatable bonds is 7. The van der Waals surface area contributed by atoms with E-state index in [1.807, 2.05) is 97.4 Å². The van der Waals surface area contributed by atoms with Crippen LogP contribution in [0.3, 0.4) is 0 Å². The van der Waals surface area contributed by atoms with E-state index in [-0.39, 0.29) is 24.4 Å². The van der Waals surface area contributed by atoms with Crippen LogP contribution in [-0.4, -0.2) is 38.9 Å². The van der Waals surface area contributed by atoms with Crippen LogP contribution in [0.15, 0.2) is 79.0 Å². The van der Waals surface area contributed by atoms with Gasteiger partial charge in [0.25, 0.3) is 5.91 Å². The Bertz CT molecular complexity index is 1420. The first-order valence-corrected chi connectivity index (χ1v) is 12.4. The van der Waals surface area contributed by atoms with Gasteiger partial charge in [0, 0.05) is 34.1 Å². The molecule has 1 N–H and O–H groups in total. The van der Waals surface area contributed by atoms with Gasteiger partial charge in [-0.2, -0.15) is 0 Å². The summed E-state index contributed by atoms with van der Waals surface area (Å²) in [6.07, 6.45) is 3.71. The second-order valence-corrected chi connectivity index (χ2v) is 9.63. The molecule has 1 fully saturated rings. The standard InChI is InChI=1S/C29H27ClN4O2/c1-19-6-5-8-24(16-19)34-17-26(21-10-12-22(30)13-11-21)31-29(34)32-27(35)18-33(23-14-15-23)28(36)25-9-4-3-7-20(25)2/h3-13,16-17,23H,14-15,18H2,1-2H3,(H,31,32,35). The molecule has 2 amide bonds. The highest BCUT2D eigenvalue weighted by molar-refractivity contribution is 6.30. The third-order valence-corrected chi connectivity index (χ3v) is 6.57. The molecular weight excluding hydrogens is 472 g/mol. The molecule has 5 rings (SSSR count). The largest absolute Gasteiger partial charge is 0.326 e. The molecule has 0 saturated heterocycles. The number of anilines is 1. The number of nitrogens with one attached hydrogen (secondary N) is 1. The first-order valence-electron chi connectivity index (χ1n) is 12.0. The summed E-state index contributed by atoms with van der Waals surface area (Å²) in [5.74, 6) is -0.00439.